The van der Waals surface area contributed by atoms with E-state index in [0.29, 0.717) is 16.9 Å². The van der Waals surface area contributed by atoms with E-state index < -0.39 is 0 Å². The molecule has 0 bridgehead atoms. The largest absolute Gasteiger partial charge is 0.496 e. The van der Waals surface area contributed by atoms with Gasteiger partial charge >= 0.3 is 0 Å². The molecule has 0 aliphatic rings. The minimum atomic E-state index is -0.190. The predicted octanol–water partition coefficient (Wildman–Crippen LogP) is 2.84. The van der Waals surface area contributed by atoms with Gasteiger partial charge in [0.15, 0.2) is 5.78 Å². The summed E-state index contributed by atoms with van der Waals surface area (Å²) < 4.78 is 6.68. The lowest BCUT2D eigenvalue weighted by Gasteiger charge is -2.11. The molecule has 0 spiro atoms. The maximum absolute atomic E-state index is 12.8. The van der Waals surface area contributed by atoms with Crippen molar-refractivity contribution < 1.29 is 9.53 Å². The van der Waals surface area contributed by atoms with Gasteiger partial charge in [-0.2, -0.15) is 5.10 Å². The van der Waals surface area contributed by atoms with Crippen molar-refractivity contribution in [3.05, 3.63) is 93.4 Å². The maximum atomic E-state index is 12.8. The molecular formula is C20H18N2O3. The van der Waals surface area contributed by atoms with Gasteiger partial charge < -0.3 is 4.74 Å². The molecule has 0 radical (unpaired) electrons. The first-order chi connectivity index (χ1) is 12.1. The number of carbonyl (C=O) groups is 1. The van der Waals surface area contributed by atoms with Crippen LogP contribution in [0.4, 0.5) is 0 Å². The van der Waals surface area contributed by atoms with E-state index in [1.807, 2.05) is 25.1 Å². The minimum Gasteiger partial charge on any atom is -0.496 e. The van der Waals surface area contributed by atoms with Crippen LogP contribution in [0.25, 0.3) is 0 Å². The Morgan fingerprint density at radius 2 is 1.88 bits per heavy atom. The van der Waals surface area contributed by atoms with Gasteiger partial charge in [0.05, 0.1) is 19.2 Å². The van der Waals surface area contributed by atoms with E-state index in [4.69, 9.17) is 4.74 Å². The SMILES string of the molecule is COc1ccc(Cn2ncccc2=O)cc1C(=O)c1ccc(C)cc1. The van der Waals surface area contributed by atoms with Gasteiger partial charge in [-0.15, -0.1) is 0 Å². The van der Waals surface area contributed by atoms with Crippen molar-refractivity contribution in [2.45, 2.75) is 13.5 Å². The van der Waals surface area contributed by atoms with E-state index in [1.165, 1.54) is 17.9 Å². The first-order valence-electron chi connectivity index (χ1n) is 7.89. The summed E-state index contributed by atoms with van der Waals surface area (Å²) in [6, 6.07) is 15.8. The first-order valence-corrected chi connectivity index (χ1v) is 7.89. The zero-order valence-electron chi connectivity index (χ0n) is 14.1. The van der Waals surface area contributed by atoms with Crippen molar-refractivity contribution in [2.75, 3.05) is 7.11 Å². The molecule has 0 atom stereocenters. The molecule has 5 heteroatoms. The van der Waals surface area contributed by atoms with Crippen molar-refractivity contribution in [1.29, 1.82) is 0 Å². The van der Waals surface area contributed by atoms with Gasteiger partial charge in [-0.25, -0.2) is 4.68 Å². The fourth-order valence-corrected chi connectivity index (χ4v) is 2.57. The number of ketones is 1. The zero-order valence-corrected chi connectivity index (χ0v) is 14.1. The molecule has 3 aromatic rings. The highest BCUT2D eigenvalue weighted by atomic mass is 16.5. The second-order valence-corrected chi connectivity index (χ2v) is 5.75. The topological polar surface area (TPSA) is 61.2 Å². The standard InChI is InChI=1S/C20H18N2O3/c1-14-5-8-16(9-6-14)20(24)17-12-15(7-10-18(17)25-2)13-22-19(23)4-3-11-21-22/h3-12H,13H2,1-2H3. The summed E-state index contributed by atoms with van der Waals surface area (Å²) in [5.74, 6) is 0.384. The number of rotatable bonds is 5. The third-order valence-electron chi connectivity index (χ3n) is 3.94. The molecule has 126 valence electrons. The molecule has 0 aliphatic carbocycles. The number of hydrogen-bond acceptors (Lipinski definition) is 4. The van der Waals surface area contributed by atoms with Crippen LogP contribution in [0.2, 0.25) is 0 Å². The third-order valence-corrected chi connectivity index (χ3v) is 3.94. The Morgan fingerprint density at radius 3 is 2.56 bits per heavy atom. The predicted molar refractivity (Wildman–Crippen MR) is 95.2 cm³/mol. The van der Waals surface area contributed by atoms with Crippen molar-refractivity contribution in [1.82, 2.24) is 9.78 Å². The van der Waals surface area contributed by atoms with E-state index in [-0.39, 0.29) is 17.9 Å². The number of hydrogen-bond donors (Lipinski definition) is 0. The Bertz CT molecular complexity index is 959. The number of aryl methyl sites for hydroxylation is 1. The van der Waals surface area contributed by atoms with Gasteiger partial charge in [0.25, 0.3) is 5.56 Å². The molecule has 0 unspecified atom stereocenters. The monoisotopic (exact) mass is 334 g/mol. The van der Waals surface area contributed by atoms with Crippen LogP contribution >= 0.6 is 0 Å². The van der Waals surface area contributed by atoms with Crippen LogP contribution in [0.3, 0.4) is 0 Å². The fourth-order valence-electron chi connectivity index (χ4n) is 2.57. The molecular weight excluding hydrogens is 316 g/mol. The quantitative estimate of drug-likeness (QED) is 0.673. The Hall–Kier alpha value is -3.21. The molecule has 25 heavy (non-hydrogen) atoms. The highest BCUT2D eigenvalue weighted by molar-refractivity contribution is 6.10. The second-order valence-electron chi connectivity index (χ2n) is 5.75. The average Bonchev–Trinajstić information content (AvgIpc) is 2.63. The van der Waals surface area contributed by atoms with E-state index in [1.54, 1.807) is 36.5 Å². The summed E-state index contributed by atoms with van der Waals surface area (Å²) in [5, 5.41) is 4.05. The van der Waals surface area contributed by atoms with E-state index in [0.717, 1.165) is 11.1 Å². The molecule has 0 aliphatic heterocycles. The van der Waals surface area contributed by atoms with Crippen molar-refractivity contribution >= 4 is 5.78 Å². The van der Waals surface area contributed by atoms with E-state index in [2.05, 4.69) is 5.10 Å². The van der Waals surface area contributed by atoms with Crippen LogP contribution in [-0.2, 0) is 6.54 Å². The molecule has 3 rings (SSSR count). The lowest BCUT2D eigenvalue weighted by molar-refractivity contribution is 0.103. The van der Waals surface area contributed by atoms with Crippen LogP contribution in [-0.4, -0.2) is 22.7 Å². The van der Waals surface area contributed by atoms with E-state index in [9.17, 15) is 9.59 Å². The number of ether oxygens (including phenoxy) is 1. The Kier molecular flexibility index (Phi) is 4.75. The maximum Gasteiger partial charge on any atom is 0.267 e. The number of aromatic nitrogens is 2. The third kappa shape index (κ3) is 3.66. The number of methoxy groups -OCH3 is 1. The van der Waals surface area contributed by atoms with Gasteiger partial charge in [0.2, 0.25) is 0 Å². The number of carbonyl (C=O) groups excluding carboxylic acids is 1. The molecule has 0 fully saturated rings. The second kappa shape index (κ2) is 7.13. The molecule has 2 aromatic carbocycles. The highest BCUT2D eigenvalue weighted by Crippen LogP contribution is 2.23. The van der Waals surface area contributed by atoms with Crippen molar-refractivity contribution in [3.8, 4) is 5.75 Å². The summed E-state index contributed by atoms with van der Waals surface area (Å²) >= 11 is 0. The van der Waals surface area contributed by atoms with Crippen LogP contribution in [0.5, 0.6) is 5.75 Å². The van der Waals surface area contributed by atoms with Gasteiger partial charge in [-0.1, -0.05) is 35.9 Å². The lowest BCUT2D eigenvalue weighted by atomic mass is 9.99. The zero-order chi connectivity index (χ0) is 17.8. The van der Waals surface area contributed by atoms with Crippen LogP contribution in [0.1, 0.15) is 27.0 Å². The lowest BCUT2D eigenvalue weighted by Crippen LogP contribution is -2.21. The minimum absolute atomic E-state index is 0.118. The number of benzene rings is 2. The van der Waals surface area contributed by atoms with Crippen molar-refractivity contribution in [2.24, 2.45) is 0 Å². The van der Waals surface area contributed by atoms with Gasteiger partial charge in [-0.05, 0) is 30.7 Å². The molecule has 5 nitrogen and oxygen atoms in total. The average molecular weight is 334 g/mol. The molecule has 0 saturated heterocycles. The van der Waals surface area contributed by atoms with Crippen molar-refractivity contribution in [3.63, 3.8) is 0 Å². The fraction of sp³-hybridized carbons (Fsp3) is 0.150. The number of nitrogens with zero attached hydrogens (tertiary/aromatic N) is 2. The molecule has 0 amide bonds. The van der Waals surface area contributed by atoms with E-state index >= 15 is 0 Å². The Labute approximate surface area is 145 Å². The highest BCUT2D eigenvalue weighted by Gasteiger charge is 2.15. The van der Waals surface area contributed by atoms with Gasteiger partial charge in [0.1, 0.15) is 5.75 Å². The summed E-state index contributed by atoms with van der Waals surface area (Å²) in [6.07, 6.45) is 1.56. The smallest absolute Gasteiger partial charge is 0.267 e. The Morgan fingerprint density at radius 1 is 1.12 bits per heavy atom. The van der Waals surface area contributed by atoms with Crippen LogP contribution in [0.15, 0.2) is 65.6 Å². The molecule has 1 heterocycles. The first kappa shape index (κ1) is 16.6. The summed E-state index contributed by atoms with van der Waals surface area (Å²) in [4.78, 5) is 24.7. The molecule has 0 N–H and O–H groups in total. The van der Waals surface area contributed by atoms with Gasteiger partial charge in [0, 0.05) is 17.8 Å². The summed E-state index contributed by atoms with van der Waals surface area (Å²) in [5.41, 5.74) is 2.76. The Balaban J connectivity index is 1.98. The molecule has 0 saturated carbocycles. The molecule has 1 aromatic heterocycles. The summed E-state index contributed by atoms with van der Waals surface area (Å²) in [6.45, 7) is 2.26. The van der Waals surface area contributed by atoms with Crippen LogP contribution < -0.4 is 10.3 Å². The van der Waals surface area contributed by atoms with Crippen LogP contribution in [0, 0.1) is 6.92 Å². The normalized spacial score (nSPS) is 10.5. The summed E-state index contributed by atoms with van der Waals surface area (Å²) in [7, 11) is 1.53. The van der Waals surface area contributed by atoms with Gasteiger partial charge in [-0.3, -0.25) is 9.59 Å².